The highest BCUT2D eigenvalue weighted by molar-refractivity contribution is 7.12. The van der Waals surface area contributed by atoms with Gasteiger partial charge in [0.05, 0.1) is 6.61 Å². The smallest absolute Gasteiger partial charge is 0.316 e. The van der Waals surface area contributed by atoms with E-state index < -0.39 is 11.9 Å². The Hall–Kier alpha value is -1.20. The molecule has 5 heteroatoms. The molecule has 1 unspecified atom stereocenters. The van der Waals surface area contributed by atoms with Gasteiger partial charge < -0.3 is 14.4 Å². The van der Waals surface area contributed by atoms with Crippen molar-refractivity contribution in [1.82, 2.24) is 4.90 Å². The maximum Gasteiger partial charge on any atom is 0.316 e. The average Bonchev–Trinajstić information content (AvgIpc) is 2.72. The second-order valence-corrected chi connectivity index (χ2v) is 5.56. The highest BCUT2D eigenvalue weighted by Gasteiger charge is 2.20. The normalized spacial score (nSPS) is 12.4. The Morgan fingerprint density at radius 3 is 2.67 bits per heavy atom. The average molecular weight is 269 g/mol. The van der Waals surface area contributed by atoms with Crippen LogP contribution in [0.2, 0.25) is 0 Å². The highest BCUT2D eigenvalue weighted by atomic mass is 32.1. The maximum atomic E-state index is 11.5. The summed E-state index contributed by atoms with van der Waals surface area (Å²) in [4.78, 5) is 26.8. The molecule has 0 N–H and O–H groups in total. The first-order valence-electron chi connectivity index (χ1n) is 5.91. The van der Waals surface area contributed by atoms with Gasteiger partial charge in [-0.2, -0.15) is 0 Å². The van der Waals surface area contributed by atoms with E-state index in [0.29, 0.717) is 19.3 Å². The summed E-state index contributed by atoms with van der Waals surface area (Å²) in [6.07, 6.45) is 1.10. The topological polar surface area (TPSA) is 46.6 Å². The zero-order valence-corrected chi connectivity index (χ0v) is 11.8. The van der Waals surface area contributed by atoms with Crippen molar-refractivity contribution >= 4 is 23.6 Å². The molecule has 0 saturated heterocycles. The van der Waals surface area contributed by atoms with Gasteiger partial charge in [0, 0.05) is 22.7 Å². The number of carbonyl (C=O) groups excluding carboxylic acids is 2. The molecule has 1 aromatic heterocycles. The van der Waals surface area contributed by atoms with Crippen LogP contribution in [-0.4, -0.2) is 37.9 Å². The summed E-state index contributed by atoms with van der Waals surface area (Å²) in [5.74, 6) is -1.12. The van der Waals surface area contributed by atoms with E-state index in [-0.39, 0.29) is 0 Å². The molecule has 0 aliphatic rings. The summed E-state index contributed by atoms with van der Waals surface area (Å²) in [6, 6.07) is 4.01. The summed E-state index contributed by atoms with van der Waals surface area (Å²) in [6.45, 7) is 2.91. The van der Waals surface area contributed by atoms with Gasteiger partial charge in [0.1, 0.15) is 12.2 Å². The monoisotopic (exact) mass is 269 g/mol. The van der Waals surface area contributed by atoms with Crippen molar-refractivity contribution < 1.29 is 14.3 Å². The Bertz CT molecular complexity index is 401. The summed E-state index contributed by atoms with van der Waals surface area (Å²) in [5, 5.41) is 0. The third-order valence-electron chi connectivity index (χ3n) is 2.36. The van der Waals surface area contributed by atoms with Crippen LogP contribution in [-0.2, 0) is 27.3 Å². The summed E-state index contributed by atoms with van der Waals surface area (Å²) < 4.78 is 4.86. The predicted octanol–water partition coefficient (Wildman–Crippen LogP) is 1.73. The van der Waals surface area contributed by atoms with Crippen LogP contribution in [0, 0.1) is 5.92 Å². The highest BCUT2D eigenvalue weighted by Crippen LogP contribution is 2.20. The summed E-state index contributed by atoms with van der Waals surface area (Å²) >= 11 is 1.63. The van der Waals surface area contributed by atoms with Crippen molar-refractivity contribution in [2.75, 3.05) is 20.7 Å². The van der Waals surface area contributed by atoms with Gasteiger partial charge in [0.25, 0.3) is 0 Å². The molecule has 0 spiro atoms. The van der Waals surface area contributed by atoms with Crippen LogP contribution in [0.25, 0.3) is 0 Å². The van der Waals surface area contributed by atoms with Crippen LogP contribution in [0.4, 0.5) is 0 Å². The number of thiophene rings is 1. The summed E-state index contributed by atoms with van der Waals surface area (Å²) in [7, 11) is 4.01. The summed E-state index contributed by atoms with van der Waals surface area (Å²) in [5.41, 5.74) is 0. The van der Waals surface area contributed by atoms with Gasteiger partial charge in [-0.3, -0.25) is 4.79 Å². The fourth-order valence-corrected chi connectivity index (χ4v) is 2.78. The first kappa shape index (κ1) is 14.9. The fraction of sp³-hybridized carbons (Fsp3) is 0.538. The van der Waals surface area contributed by atoms with Gasteiger partial charge >= 0.3 is 5.97 Å². The Balaban J connectivity index is 2.62. The number of rotatable bonds is 7. The van der Waals surface area contributed by atoms with Crippen molar-refractivity contribution in [1.29, 1.82) is 0 Å². The van der Waals surface area contributed by atoms with Gasteiger partial charge in [-0.25, -0.2) is 0 Å². The lowest BCUT2D eigenvalue weighted by atomic mass is 10.1. The zero-order valence-electron chi connectivity index (χ0n) is 11.0. The van der Waals surface area contributed by atoms with Gasteiger partial charge in [-0.15, -0.1) is 11.3 Å². The molecule has 0 bridgehead atoms. The van der Waals surface area contributed by atoms with Crippen molar-refractivity contribution in [2.45, 2.75) is 19.9 Å². The van der Waals surface area contributed by atoms with Crippen LogP contribution in [0.15, 0.2) is 12.1 Å². The Morgan fingerprint density at radius 1 is 1.44 bits per heavy atom. The van der Waals surface area contributed by atoms with Crippen molar-refractivity contribution in [3.63, 3.8) is 0 Å². The maximum absolute atomic E-state index is 11.5. The number of hydrogen-bond donors (Lipinski definition) is 0. The number of aldehydes is 1. The lowest BCUT2D eigenvalue weighted by Crippen LogP contribution is -2.20. The number of hydrogen-bond acceptors (Lipinski definition) is 5. The Morgan fingerprint density at radius 2 is 2.11 bits per heavy atom. The Labute approximate surface area is 112 Å². The van der Waals surface area contributed by atoms with E-state index in [0.717, 1.165) is 11.4 Å². The second kappa shape index (κ2) is 7.28. The van der Waals surface area contributed by atoms with E-state index >= 15 is 0 Å². The molecule has 100 valence electrons. The van der Waals surface area contributed by atoms with E-state index in [2.05, 4.69) is 4.90 Å². The van der Waals surface area contributed by atoms with E-state index in [1.165, 1.54) is 4.88 Å². The second-order valence-electron chi connectivity index (χ2n) is 4.30. The van der Waals surface area contributed by atoms with E-state index in [1.807, 2.05) is 26.2 Å². The first-order valence-corrected chi connectivity index (χ1v) is 6.72. The zero-order chi connectivity index (χ0) is 13.5. The molecule has 1 atom stereocenters. The number of ether oxygens (including phenoxy) is 1. The van der Waals surface area contributed by atoms with Crippen molar-refractivity contribution in [2.24, 2.45) is 5.92 Å². The molecule has 0 saturated carbocycles. The van der Waals surface area contributed by atoms with E-state index in [4.69, 9.17) is 4.74 Å². The molecule has 0 fully saturated rings. The van der Waals surface area contributed by atoms with Gasteiger partial charge in [0.2, 0.25) is 0 Å². The standard InChI is InChI=1S/C13H19NO3S/c1-4-17-13(16)10(9-15)7-11-5-6-12(18-11)8-14(2)3/h5-6,9-10H,4,7-8H2,1-3H3. The molecule has 1 heterocycles. The van der Waals surface area contributed by atoms with Crippen LogP contribution in [0.1, 0.15) is 16.7 Å². The third-order valence-corrected chi connectivity index (χ3v) is 3.46. The van der Waals surface area contributed by atoms with Gasteiger partial charge in [-0.1, -0.05) is 0 Å². The fourth-order valence-electron chi connectivity index (χ4n) is 1.58. The lowest BCUT2D eigenvalue weighted by Gasteiger charge is -2.08. The number of carbonyl (C=O) groups is 2. The molecule has 0 aliphatic carbocycles. The van der Waals surface area contributed by atoms with E-state index in [1.54, 1.807) is 18.3 Å². The third kappa shape index (κ3) is 4.58. The molecule has 0 aliphatic heterocycles. The molecular weight excluding hydrogens is 250 g/mol. The molecule has 0 amide bonds. The first-order chi connectivity index (χ1) is 8.56. The van der Waals surface area contributed by atoms with Crippen LogP contribution >= 0.6 is 11.3 Å². The Kier molecular flexibility index (Phi) is 6.01. The molecule has 1 rings (SSSR count). The minimum absolute atomic E-state index is 0.305. The van der Waals surface area contributed by atoms with Crippen molar-refractivity contribution in [3.05, 3.63) is 21.9 Å². The molecular formula is C13H19NO3S. The number of nitrogens with zero attached hydrogens (tertiary/aromatic N) is 1. The molecule has 0 radical (unpaired) electrons. The minimum atomic E-state index is -0.684. The van der Waals surface area contributed by atoms with Gasteiger partial charge in [-0.05, 0) is 33.2 Å². The minimum Gasteiger partial charge on any atom is -0.465 e. The largest absolute Gasteiger partial charge is 0.465 e. The van der Waals surface area contributed by atoms with Gasteiger partial charge in [0.15, 0.2) is 0 Å². The van der Waals surface area contributed by atoms with Crippen LogP contribution in [0.5, 0.6) is 0 Å². The van der Waals surface area contributed by atoms with Crippen molar-refractivity contribution in [3.8, 4) is 0 Å². The molecule has 0 aromatic carbocycles. The SMILES string of the molecule is CCOC(=O)C(C=O)Cc1ccc(CN(C)C)s1. The van der Waals surface area contributed by atoms with E-state index in [9.17, 15) is 9.59 Å². The van der Waals surface area contributed by atoms with Crippen LogP contribution < -0.4 is 0 Å². The molecule has 18 heavy (non-hydrogen) atoms. The molecule has 1 aromatic rings. The number of esters is 1. The lowest BCUT2D eigenvalue weighted by molar-refractivity contribution is -0.149. The molecule has 4 nitrogen and oxygen atoms in total. The predicted molar refractivity (Wildman–Crippen MR) is 71.6 cm³/mol. The van der Waals surface area contributed by atoms with Crippen LogP contribution in [0.3, 0.4) is 0 Å². The quantitative estimate of drug-likeness (QED) is 0.430.